The van der Waals surface area contributed by atoms with Crippen LogP contribution in [0.3, 0.4) is 0 Å². The summed E-state index contributed by atoms with van der Waals surface area (Å²) in [4.78, 5) is 23.4. The third-order valence-corrected chi connectivity index (χ3v) is 3.70. The molecule has 0 aliphatic heterocycles. The van der Waals surface area contributed by atoms with E-state index >= 15 is 0 Å². The van der Waals surface area contributed by atoms with Gasteiger partial charge in [-0.15, -0.1) is 0 Å². The van der Waals surface area contributed by atoms with Gasteiger partial charge in [0, 0.05) is 11.3 Å². The number of alkyl halides is 6. The Hall–Kier alpha value is -3.08. The number of hydrogen-bond acceptors (Lipinski definition) is 3. The van der Waals surface area contributed by atoms with Crippen molar-refractivity contribution in [1.82, 2.24) is 5.43 Å². The third kappa shape index (κ3) is 5.95. The van der Waals surface area contributed by atoms with E-state index in [0.29, 0.717) is 12.3 Å². The lowest BCUT2D eigenvalue weighted by Gasteiger charge is -2.11. The predicted octanol–water partition coefficient (Wildman–Crippen LogP) is 4.47. The second-order valence-electron chi connectivity index (χ2n) is 5.43. The van der Waals surface area contributed by atoms with Gasteiger partial charge in [-0.05, 0) is 24.3 Å². The summed E-state index contributed by atoms with van der Waals surface area (Å²) in [7, 11) is 0. The van der Waals surface area contributed by atoms with E-state index in [1.54, 1.807) is 5.43 Å². The van der Waals surface area contributed by atoms with Crippen molar-refractivity contribution in [3.63, 3.8) is 0 Å². The van der Waals surface area contributed by atoms with Crippen molar-refractivity contribution < 1.29 is 35.9 Å². The number of rotatable bonds is 3. The minimum absolute atomic E-state index is 0.367. The van der Waals surface area contributed by atoms with Gasteiger partial charge in [0.2, 0.25) is 0 Å². The van der Waals surface area contributed by atoms with Gasteiger partial charge in [-0.3, -0.25) is 9.59 Å². The molecule has 0 fully saturated rings. The van der Waals surface area contributed by atoms with Crippen LogP contribution in [-0.4, -0.2) is 18.0 Å². The van der Waals surface area contributed by atoms with Gasteiger partial charge in [0.1, 0.15) is 0 Å². The van der Waals surface area contributed by atoms with Crippen LogP contribution in [0, 0.1) is 0 Å². The Labute approximate surface area is 164 Å². The first-order valence-corrected chi connectivity index (χ1v) is 7.94. The topological polar surface area (TPSA) is 70.6 Å². The highest BCUT2D eigenvalue weighted by molar-refractivity contribution is 6.39. The lowest BCUT2D eigenvalue weighted by Crippen LogP contribution is -2.32. The van der Waals surface area contributed by atoms with E-state index in [1.165, 1.54) is 6.07 Å². The van der Waals surface area contributed by atoms with Crippen LogP contribution >= 0.6 is 11.6 Å². The molecule has 154 valence electrons. The van der Waals surface area contributed by atoms with Crippen LogP contribution in [0.4, 0.5) is 32.0 Å². The van der Waals surface area contributed by atoms with E-state index in [-0.39, 0.29) is 11.3 Å². The number of halogens is 7. The fourth-order valence-electron chi connectivity index (χ4n) is 2.09. The molecule has 29 heavy (non-hydrogen) atoms. The fraction of sp³-hybridized carbons (Fsp3) is 0.118. The molecule has 0 spiro atoms. The van der Waals surface area contributed by atoms with Crippen molar-refractivity contribution in [2.75, 3.05) is 5.32 Å². The van der Waals surface area contributed by atoms with Crippen LogP contribution in [0.2, 0.25) is 5.02 Å². The molecule has 0 radical (unpaired) electrons. The Bertz CT molecular complexity index is 957. The molecule has 0 saturated carbocycles. The second kappa shape index (κ2) is 8.52. The van der Waals surface area contributed by atoms with Crippen LogP contribution in [0.25, 0.3) is 0 Å². The predicted molar refractivity (Wildman–Crippen MR) is 92.3 cm³/mol. The van der Waals surface area contributed by atoms with Crippen molar-refractivity contribution in [2.45, 2.75) is 12.4 Å². The normalized spacial score (nSPS) is 12.1. The van der Waals surface area contributed by atoms with Crippen LogP contribution in [0.1, 0.15) is 16.7 Å². The molecule has 5 nitrogen and oxygen atoms in total. The molecule has 2 aromatic rings. The van der Waals surface area contributed by atoms with E-state index in [0.717, 1.165) is 30.3 Å². The van der Waals surface area contributed by atoms with Crippen molar-refractivity contribution in [2.24, 2.45) is 5.10 Å². The van der Waals surface area contributed by atoms with Crippen molar-refractivity contribution in [3.8, 4) is 0 Å². The third-order valence-electron chi connectivity index (χ3n) is 3.37. The lowest BCUT2D eigenvalue weighted by molar-refractivity contribution is -0.138. The number of nitrogens with zero attached hydrogens (tertiary/aromatic N) is 1. The molecule has 0 aromatic heterocycles. The Morgan fingerprint density at radius 1 is 0.897 bits per heavy atom. The molecule has 12 heteroatoms. The number of hydrazone groups is 1. The van der Waals surface area contributed by atoms with Gasteiger partial charge in [0.15, 0.2) is 0 Å². The maximum absolute atomic E-state index is 12.8. The molecular weight excluding hydrogens is 428 g/mol. The summed E-state index contributed by atoms with van der Waals surface area (Å²) in [5.41, 5.74) is -1.28. The molecule has 2 N–H and O–H groups in total. The fourth-order valence-corrected chi connectivity index (χ4v) is 2.31. The van der Waals surface area contributed by atoms with Crippen molar-refractivity contribution in [3.05, 3.63) is 64.2 Å². The standard InChI is InChI=1S/C17H10ClF6N3O2/c18-13-6-5-10(7-12(13)17(22,23)24)26-14(28)15(29)27-25-8-9-3-1-2-4-11(9)16(19,20)21/h1-8H,(H,26,28)(H,27,29)/b25-8+. The van der Waals surface area contributed by atoms with E-state index in [4.69, 9.17) is 11.6 Å². The first kappa shape index (κ1) is 22.2. The summed E-state index contributed by atoms with van der Waals surface area (Å²) >= 11 is 5.44. The first-order valence-electron chi connectivity index (χ1n) is 7.57. The molecule has 0 bridgehead atoms. The smallest absolute Gasteiger partial charge is 0.318 e. The van der Waals surface area contributed by atoms with Crippen LogP contribution < -0.4 is 10.7 Å². The highest BCUT2D eigenvalue weighted by Crippen LogP contribution is 2.36. The zero-order valence-electron chi connectivity index (χ0n) is 14.0. The zero-order chi connectivity index (χ0) is 21.8. The Kier molecular flexibility index (Phi) is 6.52. The summed E-state index contributed by atoms with van der Waals surface area (Å²) in [6.07, 6.45) is -8.76. The van der Waals surface area contributed by atoms with Gasteiger partial charge in [0.25, 0.3) is 0 Å². The number of hydrogen-bond donors (Lipinski definition) is 2. The number of benzene rings is 2. The minimum atomic E-state index is -4.78. The van der Waals surface area contributed by atoms with Gasteiger partial charge >= 0.3 is 24.2 Å². The number of carbonyl (C=O) groups excluding carboxylic acids is 2. The highest BCUT2D eigenvalue weighted by Gasteiger charge is 2.34. The number of carbonyl (C=O) groups is 2. The quantitative estimate of drug-likeness (QED) is 0.322. The summed E-state index contributed by atoms with van der Waals surface area (Å²) in [6, 6.07) is 6.79. The lowest BCUT2D eigenvalue weighted by atomic mass is 10.1. The summed E-state index contributed by atoms with van der Waals surface area (Å²) in [5.74, 6) is -2.80. The zero-order valence-corrected chi connectivity index (χ0v) is 14.8. The van der Waals surface area contributed by atoms with E-state index in [9.17, 15) is 35.9 Å². The molecule has 0 unspecified atom stereocenters. The Morgan fingerprint density at radius 3 is 2.14 bits per heavy atom. The van der Waals surface area contributed by atoms with Crippen molar-refractivity contribution in [1.29, 1.82) is 0 Å². The van der Waals surface area contributed by atoms with E-state index < -0.39 is 40.3 Å². The average molecular weight is 438 g/mol. The van der Waals surface area contributed by atoms with Gasteiger partial charge in [-0.1, -0.05) is 29.8 Å². The molecular formula is C17H10ClF6N3O2. The maximum atomic E-state index is 12.8. The first-order chi connectivity index (χ1) is 13.4. The summed E-state index contributed by atoms with van der Waals surface area (Å²) in [6.45, 7) is 0. The SMILES string of the molecule is O=C(N/N=C/c1ccccc1C(F)(F)F)C(=O)Nc1ccc(Cl)c(C(F)(F)F)c1. The van der Waals surface area contributed by atoms with Gasteiger partial charge in [0.05, 0.1) is 22.4 Å². The van der Waals surface area contributed by atoms with Crippen LogP contribution in [0.5, 0.6) is 0 Å². The number of amides is 2. The Morgan fingerprint density at radius 2 is 1.52 bits per heavy atom. The largest absolute Gasteiger partial charge is 0.417 e. The molecule has 2 aromatic carbocycles. The van der Waals surface area contributed by atoms with Crippen LogP contribution in [-0.2, 0) is 21.9 Å². The second-order valence-corrected chi connectivity index (χ2v) is 5.84. The number of anilines is 1. The van der Waals surface area contributed by atoms with Crippen molar-refractivity contribution >= 4 is 35.3 Å². The minimum Gasteiger partial charge on any atom is -0.318 e. The average Bonchev–Trinajstić information content (AvgIpc) is 2.61. The summed E-state index contributed by atoms with van der Waals surface area (Å²) in [5, 5.41) is 4.56. The molecule has 0 aliphatic carbocycles. The van der Waals surface area contributed by atoms with Gasteiger partial charge < -0.3 is 5.32 Å². The maximum Gasteiger partial charge on any atom is 0.417 e. The molecule has 0 saturated heterocycles. The molecule has 0 heterocycles. The Balaban J connectivity index is 2.06. The monoisotopic (exact) mass is 437 g/mol. The molecule has 0 aliphatic rings. The van der Waals surface area contributed by atoms with E-state index in [1.807, 2.05) is 5.32 Å². The molecule has 2 amide bonds. The van der Waals surface area contributed by atoms with Gasteiger partial charge in [-0.2, -0.15) is 31.4 Å². The highest BCUT2D eigenvalue weighted by atomic mass is 35.5. The van der Waals surface area contributed by atoms with Crippen LogP contribution in [0.15, 0.2) is 47.6 Å². The molecule has 2 rings (SSSR count). The number of nitrogens with one attached hydrogen (secondary N) is 2. The van der Waals surface area contributed by atoms with Gasteiger partial charge in [-0.25, -0.2) is 5.43 Å². The summed E-state index contributed by atoms with van der Waals surface area (Å²) < 4.78 is 76.9. The molecule has 0 atom stereocenters. The van der Waals surface area contributed by atoms with E-state index in [2.05, 4.69) is 5.10 Å².